The van der Waals surface area contributed by atoms with Crippen molar-refractivity contribution in [1.29, 1.82) is 0 Å². The Hall–Kier alpha value is -4.24. The molecule has 2 aliphatic rings. The predicted octanol–water partition coefficient (Wildman–Crippen LogP) is 6.18. The van der Waals surface area contributed by atoms with E-state index in [-0.39, 0.29) is 12.5 Å². The maximum Gasteiger partial charge on any atom is 0.407 e. The van der Waals surface area contributed by atoms with Crippen molar-refractivity contribution in [2.75, 3.05) is 26.7 Å². The summed E-state index contributed by atoms with van der Waals surface area (Å²) < 4.78 is 25.2. The fourth-order valence-electron chi connectivity index (χ4n) is 5.46. The van der Waals surface area contributed by atoms with E-state index in [1.165, 1.54) is 0 Å². The minimum absolute atomic E-state index is 0.109. The van der Waals surface area contributed by atoms with E-state index >= 15 is 0 Å². The second-order valence-corrected chi connectivity index (χ2v) is 12.1. The van der Waals surface area contributed by atoms with Gasteiger partial charge in [0.25, 0.3) is 5.91 Å². The van der Waals surface area contributed by atoms with Gasteiger partial charge in [-0.05, 0) is 111 Å². The molecule has 3 aromatic carbocycles. The van der Waals surface area contributed by atoms with Gasteiger partial charge in [0.1, 0.15) is 11.4 Å². The second kappa shape index (κ2) is 13.0. The van der Waals surface area contributed by atoms with Crippen molar-refractivity contribution in [3.05, 3.63) is 88.5 Å². The third-order valence-corrected chi connectivity index (χ3v) is 7.56. The fourth-order valence-corrected chi connectivity index (χ4v) is 5.46. The largest absolute Gasteiger partial charge is 0.497 e. The fraction of sp³-hybridized carbons (Fsp3) is 0.382. The first-order valence-corrected chi connectivity index (χ1v) is 14.7. The molecule has 43 heavy (non-hydrogen) atoms. The number of hydrogen-bond donors (Lipinski definition) is 2. The number of carbonyl (C=O) groups excluding carboxylic acids is 2. The number of hydrogen-bond acceptors (Lipinski definition) is 6. The van der Waals surface area contributed by atoms with Gasteiger partial charge in [0.15, 0.2) is 0 Å². The summed E-state index contributed by atoms with van der Waals surface area (Å²) in [7, 11) is 1.58. The number of aliphatic imine (C=N–C) groups is 1. The number of halogens is 1. The lowest BCUT2D eigenvalue weighted by Crippen LogP contribution is -2.40. The van der Waals surface area contributed by atoms with Gasteiger partial charge >= 0.3 is 6.09 Å². The number of alkyl carbamates (subject to hydrolysis) is 1. The van der Waals surface area contributed by atoms with Gasteiger partial charge in [0.05, 0.1) is 19.7 Å². The molecule has 0 bridgehead atoms. The maximum absolute atomic E-state index is 14.4. The molecule has 1 saturated heterocycles. The minimum Gasteiger partial charge on any atom is -0.497 e. The Morgan fingerprint density at radius 1 is 1.02 bits per heavy atom. The maximum atomic E-state index is 14.4. The van der Waals surface area contributed by atoms with E-state index in [1.807, 2.05) is 54.6 Å². The molecule has 2 aliphatic heterocycles. The van der Waals surface area contributed by atoms with Gasteiger partial charge in [0.2, 0.25) is 5.97 Å². The summed E-state index contributed by atoms with van der Waals surface area (Å²) in [6.45, 7) is 8.58. The standard InChI is InChI=1S/C34H39FN4O4/c1-34(2,3)43-33(41)37-20-30(24-8-7-9-28(17-24)42-4)38-32(40)27-15-22(21-39-12-5-6-13-39)14-26(16-27)23-10-11-25-19-36-31(35)29(25)18-23/h7-11,14-18,30H,5-6,12-13,19-21H2,1-4H3,(H,37,41)(H,38,40). The lowest BCUT2D eigenvalue weighted by atomic mass is 9.96. The summed E-state index contributed by atoms with van der Waals surface area (Å²) in [5.74, 6) is -0.116. The van der Waals surface area contributed by atoms with Crippen LogP contribution in [0.2, 0.25) is 0 Å². The zero-order chi connectivity index (χ0) is 30.6. The molecule has 9 heteroatoms. The van der Waals surface area contributed by atoms with Crippen LogP contribution in [0.1, 0.15) is 72.3 Å². The molecule has 2 heterocycles. The summed E-state index contributed by atoms with van der Waals surface area (Å²) in [5, 5.41) is 5.90. The Labute approximate surface area is 252 Å². The molecule has 1 unspecified atom stereocenters. The molecule has 226 valence electrons. The topological polar surface area (TPSA) is 92.3 Å². The summed E-state index contributed by atoms with van der Waals surface area (Å²) in [4.78, 5) is 32.7. The van der Waals surface area contributed by atoms with Crippen LogP contribution in [0.3, 0.4) is 0 Å². The highest BCUT2D eigenvalue weighted by Crippen LogP contribution is 2.30. The second-order valence-electron chi connectivity index (χ2n) is 12.1. The molecule has 8 nitrogen and oxygen atoms in total. The third kappa shape index (κ3) is 7.78. The van der Waals surface area contributed by atoms with E-state index in [0.717, 1.165) is 53.7 Å². The molecule has 2 N–H and O–H groups in total. The molecule has 0 aliphatic carbocycles. The number of likely N-dealkylation sites (tertiary alicyclic amines) is 1. The van der Waals surface area contributed by atoms with Crippen LogP contribution in [-0.2, 0) is 17.8 Å². The van der Waals surface area contributed by atoms with Gasteiger partial charge in [0, 0.05) is 24.2 Å². The number of nitrogens with zero attached hydrogens (tertiary/aromatic N) is 2. The Morgan fingerprint density at radius 3 is 2.56 bits per heavy atom. The summed E-state index contributed by atoms with van der Waals surface area (Å²) in [6, 6.07) is 18.3. The van der Waals surface area contributed by atoms with E-state index in [0.29, 0.717) is 30.0 Å². The van der Waals surface area contributed by atoms with Crippen LogP contribution in [0.25, 0.3) is 11.1 Å². The molecule has 5 rings (SSSR count). The van der Waals surface area contributed by atoms with Crippen molar-refractivity contribution in [1.82, 2.24) is 15.5 Å². The molecule has 3 aromatic rings. The van der Waals surface area contributed by atoms with Gasteiger partial charge in [-0.15, -0.1) is 0 Å². The van der Waals surface area contributed by atoms with Gasteiger partial charge in [-0.3, -0.25) is 14.7 Å². The Kier molecular flexibility index (Phi) is 9.11. The van der Waals surface area contributed by atoms with Gasteiger partial charge in [-0.1, -0.05) is 24.3 Å². The molecule has 0 radical (unpaired) electrons. The van der Waals surface area contributed by atoms with Crippen LogP contribution in [0.15, 0.2) is 65.7 Å². The Balaban J connectivity index is 1.45. The average molecular weight is 587 g/mol. The van der Waals surface area contributed by atoms with Crippen LogP contribution in [0, 0.1) is 0 Å². The average Bonchev–Trinajstić information content (AvgIpc) is 3.63. The highest BCUT2D eigenvalue weighted by molar-refractivity contribution is 5.99. The molecular weight excluding hydrogens is 547 g/mol. The molecule has 2 amide bonds. The third-order valence-electron chi connectivity index (χ3n) is 7.56. The number of carbonyl (C=O) groups is 2. The van der Waals surface area contributed by atoms with Gasteiger partial charge in [-0.2, -0.15) is 4.39 Å². The zero-order valence-electron chi connectivity index (χ0n) is 25.2. The Morgan fingerprint density at radius 2 is 1.81 bits per heavy atom. The summed E-state index contributed by atoms with van der Waals surface area (Å²) in [6.07, 6.45) is 1.74. The SMILES string of the molecule is COc1cccc(C(CNC(=O)OC(C)(C)C)NC(=O)c2cc(CN3CCCC3)cc(-c3ccc4c(c3)C(F)=NC4)c2)c1. The normalized spacial score (nSPS) is 15.4. The predicted molar refractivity (Wildman–Crippen MR) is 165 cm³/mol. The quantitative estimate of drug-likeness (QED) is 0.312. The molecule has 0 aromatic heterocycles. The summed E-state index contributed by atoms with van der Waals surface area (Å²) >= 11 is 0. The van der Waals surface area contributed by atoms with E-state index in [2.05, 4.69) is 26.6 Å². The number of fused-ring (bicyclic) bond motifs is 1. The van der Waals surface area contributed by atoms with E-state index in [9.17, 15) is 14.0 Å². The van der Waals surface area contributed by atoms with Gasteiger partial charge in [-0.25, -0.2) is 4.79 Å². The number of amides is 2. The number of ether oxygens (including phenoxy) is 2. The lowest BCUT2D eigenvalue weighted by molar-refractivity contribution is 0.0520. The van der Waals surface area contributed by atoms with Crippen molar-refractivity contribution < 1.29 is 23.5 Å². The number of benzene rings is 3. The van der Waals surface area contributed by atoms with Crippen molar-refractivity contribution in [3.8, 4) is 16.9 Å². The molecule has 1 fully saturated rings. The van der Waals surface area contributed by atoms with E-state index in [1.54, 1.807) is 27.9 Å². The smallest absolute Gasteiger partial charge is 0.407 e. The van der Waals surface area contributed by atoms with Crippen LogP contribution >= 0.6 is 0 Å². The summed E-state index contributed by atoms with van der Waals surface area (Å²) in [5.41, 5.74) is 4.59. The zero-order valence-corrected chi connectivity index (χ0v) is 25.2. The monoisotopic (exact) mass is 586 g/mol. The van der Waals surface area contributed by atoms with Crippen molar-refractivity contribution >= 4 is 18.0 Å². The van der Waals surface area contributed by atoms with E-state index in [4.69, 9.17) is 9.47 Å². The van der Waals surface area contributed by atoms with Crippen LogP contribution in [0.4, 0.5) is 9.18 Å². The molecule has 0 saturated carbocycles. The van der Waals surface area contributed by atoms with Crippen LogP contribution in [-0.4, -0.2) is 55.2 Å². The first-order valence-electron chi connectivity index (χ1n) is 14.7. The van der Waals surface area contributed by atoms with Crippen molar-refractivity contribution in [2.45, 2.75) is 58.3 Å². The molecule has 1 atom stereocenters. The molecular formula is C34H39FN4O4. The number of nitrogens with one attached hydrogen (secondary N) is 2. The van der Waals surface area contributed by atoms with Crippen LogP contribution < -0.4 is 15.4 Å². The van der Waals surface area contributed by atoms with Crippen molar-refractivity contribution in [3.63, 3.8) is 0 Å². The lowest BCUT2D eigenvalue weighted by Gasteiger charge is -2.23. The number of rotatable bonds is 9. The van der Waals surface area contributed by atoms with Gasteiger partial charge < -0.3 is 20.1 Å². The molecule has 0 spiro atoms. The number of methoxy groups -OCH3 is 1. The van der Waals surface area contributed by atoms with Crippen LogP contribution in [0.5, 0.6) is 5.75 Å². The van der Waals surface area contributed by atoms with Crippen molar-refractivity contribution in [2.24, 2.45) is 4.99 Å². The Bertz CT molecular complexity index is 1530. The van der Waals surface area contributed by atoms with E-state index < -0.39 is 23.7 Å². The highest BCUT2D eigenvalue weighted by atomic mass is 19.1. The minimum atomic E-state index is -0.655. The first-order chi connectivity index (χ1) is 20.6. The highest BCUT2D eigenvalue weighted by Gasteiger charge is 2.23. The first kappa shape index (κ1) is 30.2.